The molecule has 0 saturated carbocycles. The summed E-state index contributed by atoms with van der Waals surface area (Å²) in [6.45, 7) is 1.38. The normalized spacial score (nSPS) is 20.3. The summed E-state index contributed by atoms with van der Waals surface area (Å²) in [6.07, 6.45) is 5.06. The zero-order chi connectivity index (χ0) is 22.0. The minimum atomic E-state index is -3.54. The van der Waals surface area contributed by atoms with Crippen LogP contribution < -0.4 is 5.32 Å². The molecule has 0 bridgehead atoms. The standard InChI is InChI=1S/C22H29N3O5S/c26-20-7-8-21(27)25(20)12-2-11-23-22(28)17-9-13-24(14-10-17)31(29,30)19-6-5-16-3-1-4-18(16)15-19/h5-6,15,17H,1-4,7-14H2,(H,23,28). The van der Waals surface area contributed by atoms with Crippen molar-refractivity contribution in [1.29, 1.82) is 0 Å². The molecule has 2 fully saturated rings. The van der Waals surface area contributed by atoms with Gasteiger partial charge in [0.25, 0.3) is 0 Å². The van der Waals surface area contributed by atoms with Crippen LogP contribution in [0.4, 0.5) is 0 Å². The van der Waals surface area contributed by atoms with E-state index in [9.17, 15) is 22.8 Å². The zero-order valence-corrected chi connectivity index (χ0v) is 18.5. The third kappa shape index (κ3) is 4.67. The number of hydrogen-bond acceptors (Lipinski definition) is 5. The number of sulfonamides is 1. The van der Waals surface area contributed by atoms with Crippen molar-refractivity contribution in [1.82, 2.24) is 14.5 Å². The number of imide groups is 1. The maximum atomic E-state index is 13.0. The number of rotatable bonds is 7. The van der Waals surface area contributed by atoms with E-state index in [4.69, 9.17) is 0 Å². The maximum absolute atomic E-state index is 13.0. The molecule has 9 heteroatoms. The van der Waals surface area contributed by atoms with Gasteiger partial charge in [0.05, 0.1) is 4.90 Å². The summed E-state index contributed by atoms with van der Waals surface area (Å²) >= 11 is 0. The number of carbonyl (C=O) groups is 3. The van der Waals surface area contributed by atoms with Gasteiger partial charge in [0.1, 0.15) is 0 Å². The fourth-order valence-corrected chi connectivity index (χ4v) is 6.20. The lowest BCUT2D eigenvalue weighted by atomic mass is 9.97. The van der Waals surface area contributed by atoms with E-state index in [1.54, 1.807) is 6.07 Å². The molecule has 1 N–H and O–H groups in total. The van der Waals surface area contributed by atoms with E-state index in [0.717, 1.165) is 24.8 Å². The molecule has 1 aliphatic carbocycles. The number of carbonyl (C=O) groups excluding carboxylic acids is 3. The van der Waals surface area contributed by atoms with Crippen LogP contribution in [0.2, 0.25) is 0 Å². The van der Waals surface area contributed by atoms with Crippen LogP contribution in [-0.2, 0) is 37.2 Å². The first-order valence-electron chi connectivity index (χ1n) is 11.1. The molecule has 0 radical (unpaired) electrons. The zero-order valence-electron chi connectivity index (χ0n) is 17.6. The Morgan fingerprint density at radius 2 is 1.68 bits per heavy atom. The van der Waals surface area contributed by atoms with Gasteiger partial charge in [0.2, 0.25) is 27.7 Å². The highest BCUT2D eigenvalue weighted by molar-refractivity contribution is 7.89. The maximum Gasteiger partial charge on any atom is 0.243 e. The Kier molecular flexibility index (Phi) is 6.43. The Morgan fingerprint density at radius 1 is 1.00 bits per heavy atom. The van der Waals surface area contributed by atoms with E-state index in [1.807, 2.05) is 12.1 Å². The van der Waals surface area contributed by atoms with E-state index >= 15 is 0 Å². The van der Waals surface area contributed by atoms with Gasteiger partial charge in [-0.2, -0.15) is 4.31 Å². The van der Waals surface area contributed by atoms with Gasteiger partial charge in [-0.15, -0.1) is 0 Å². The Hall–Kier alpha value is -2.26. The molecule has 0 atom stereocenters. The molecule has 168 valence electrons. The number of hydrogen-bond donors (Lipinski definition) is 1. The molecular formula is C22H29N3O5S. The minimum Gasteiger partial charge on any atom is -0.356 e. The van der Waals surface area contributed by atoms with Crippen LogP contribution in [0.3, 0.4) is 0 Å². The van der Waals surface area contributed by atoms with Crippen molar-refractivity contribution >= 4 is 27.7 Å². The largest absolute Gasteiger partial charge is 0.356 e. The Labute approximate surface area is 183 Å². The van der Waals surface area contributed by atoms with Crippen LogP contribution in [0, 0.1) is 5.92 Å². The van der Waals surface area contributed by atoms with Crippen LogP contribution in [-0.4, -0.2) is 61.5 Å². The van der Waals surface area contributed by atoms with Crippen LogP contribution in [0.25, 0.3) is 0 Å². The number of amides is 3. The topological polar surface area (TPSA) is 104 Å². The highest BCUT2D eigenvalue weighted by atomic mass is 32.2. The van der Waals surface area contributed by atoms with Crippen molar-refractivity contribution in [3.8, 4) is 0 Å². The quantitative estimate of drug-likeness (QED) is 0.500. The molecule has 0 spiro atoms. The fraction of sp³-hybridized carbons (Fsp3) is 0.591. The first-order chi connectivity index (χ1) is 14.9. The highest BCUT2D eigenvalue weighted by Crippen LogP contribution is 2.28. The van der Waals surface area contributed by atoms with Gasteiger partial charge in [-0.05, 0) is 61.8 Å². The van der Waals surface area contributed by atoms with E-state index in [1.165, 1.54) is 14.8 Å². The SMILES string of the molecule is O=C(NCCCN1C(=O)CCC1=O)C1CCN(S(=O)(=O)c2ccc3c(c2)CCC3)CC1. The predicted molar refractivity (Wildman–Crippen MR) is 114 cm³/mol. The van der Waals surface area contributed by atoms with Gasteiger partial charge in [0, 0.05) is 44.9 Å². The van der Waals surface area contributed by atoms with Crippen molar-refractivity contribution in [2.45, 2.75) is 56.3 Å². The second-order valence-electron chi connectivity index (χ2n) is 8.55. The second-order valence-corrected chi connectivity index (χ2v) is 10.5. The molecule has 0 unspecified atom stereocenters. The summed E-state index contributed by atoms with van der Waals surface area (Å²) < 4.78 is 27.5. The van der Waals surface area contributed by atoms with E-state index < -0.39 is 10.0 Å². The number of fused-ring (bicyclic) bond motifs is 1. The Bertz CT molecular complexity index is 967. The van der Waals surface area contributed by atoms with Crippen molar-refractivity contribution in [2.75, 3.05) is 26.2 Å². The van der Waals surface area contributed by atoms with Crippen LogP contribution >= 0.6 is 0 Å². The van der Waals surface area contributed by atoms with Crippen molar-refractivity contribution in [2.24, 2.45) is 5.92 Å². The molecule has 3 amide bonds. The number of benzene rings is 1. The molecular weight excluding hydrogens is 418 g/mol. The second kappa shape index (κ2) is 9.08. The molecule has 1 aromatic carbocycles. The van der Waals surface area contributed by atoms with Gasteiger partial charge < -0.3 is 5.32 Å². The summed E-state index contributed by atoms with van der Waals surface area (Å²) in [4.78, 5) is 37.2. The van der Waals surface area contributed by atoms with Crippen molar-refractivity contribution in [3.05, 3.63) is 29.3 Å². The van der Waals surface area contributed by atoms with Crippen molar-refractivity contribution in [3.63, 3.8) is 0 Å². The average Bonchev–Trinajstić information content (AvgIpc) is 3.37. The summed E-state index contributed by atoms with van der Waals surface area (Å²) in [7, 11) is -3.54. The van der Waals surface area contributed by atoms with E-state index in [-0.39, 0.29) is 36.5 Å². The molecule has 31 heavy (non-hydrogen) atoms. The third-order valence-electron chi connectivity index (χ3n) is 6.55. The van der Waals surface area contributed by atoms with Crippen LogP contribution in [0.5, 0.6) is 0 Å². The van der Waals surface area contributed by atoms with Gasteiger partial charge >= 0.3 is 0 Å². The summed E-state index contributed by atoms with van der Waals surface area (Å²) in [5, 5.41) is 2.86. The fourth-order valence-electron chi connectivity index (χ4n) is 4.68. The predicted octanol–water partition coefficient (Wildman–Crippen LogP) is 1.23. The van der Waals surface area contributed by atoms with E-state index in [0.29, 0.717) is 50.3 Å². The summed E-state index contributed by atoms with van der Waals surface area (Å²) in [6, 6.07) is 5.44. The highest BCUT2D eigenvalue weighted by Gasteiger charge is 2.33. The number of piperidine rings is 1. The number of likely N-dealkylation sites (tertiary alicyclic amines) is 1. The number of nitrogens with zero attached hydrogens (tertiary/aromatic N) is 2. The lowest BCUT2D eigenvalue weighted by Crippen LogP contribution is -2.43. The molecule has 2 aliphatic heterocycles. The first-order valence-corrected chi connectivity index (χ1v) is 12.5. The number of aryl methyl sites for hydroxylation is 2. The monoisotopic (exact) mass is 447 g/mol. The lowest BCUT2D eigenvalue weighted by Gasteiger charge is -2.30. The molecule has 8 nitrogen and oxygen atoms in total. The van der Waals surface area contributed by atoms with Gasteiger partial charge in [-0.3, -0.25) is 19.3 Å². The Balaban J connectivity index is 1.24. The summed E-state index contributed by atoms with van der Waals surface area (Å²) in [5.41, 5.74) is 2.38. The molecule has 2 saturated heterocycles. The average molecular weight is 448 g/mol. The lowest BCUT2D eigenvalue weighted by molar-refractivity contribution is -0.138. The smallest absolute Gasteiger partial charge is 0.243 e. The Morgan fingerprint density at radius 3 is 2.39 bits per heavy atom. The third-order valence-corrected chi connectivity index (χ3v) is 8.44. The molecule has 0 aromatic heterocycles. The van der Waals surface area contributed by atoms with Gasteiger partial charge in [-0.1, -0.05) is 6.07 Å². The number of nitrogens with one attached hydrogen (secondary N) is 1. The summed E-state index contributed by atoms with van der Waals surface area (Å²) in [5.74, 6) is -0.600. The molecule has 1 aromatic rings. The molecule has 4 rings (SSSR count). The van der Waals surface area contributed by atoms with Crippen LogP contribution in [0.1, 0.15) is 49.7 Å². The minimum absolute atomic E-state index is 0.0892. The molecule has 3 aliphatic rings. The van der Waals surface area contributed by atoms with E-state index in [2.05, 4.69) is 5.32 Å². The van der Waals surface area contributed by atoms with Crippen LogP contribution in [0.15, 0.2) is 23.1 Å². The van der Waals surface area contributed by atoms with Gasteiger partial charge in [0.15, 0.2) is 0 Å². The van der Waals surface area contributed by atoms with Crippen molar-refractivity contribution < 1.29 is 22.8 Å². The first kappa shape index (κ1) is 22.0. The molecule has 2 heterocycles. The van der Waals surface area contributed by atoms with Gasteiger partial charge in [-0.25, -0.2) is 8.42 Å².